The topological polar surface area (TPSA) is 84.9 Å². The van der Waals surface area contributed by atoms with Gasteiger partial charge in [0.05, 0.1) is 29.5 Å². The zero-order valence-corrected chi connectivity index (χ0v) is 16.1. The predicted molar refractivity (Wildman–Crippen MR) is 103 cm³/mol. The summed E-state index contributed by atoms with van der Waals surface area (Å²) in [7, 11) is -3.77. The standard InChI is InChI=1S/C19H22N2O5S/c1-3-25-18-10-9-15(13-16(18)20-19(22)26-4-2)27(23,24)21-12-11-14-7-5-6-8-17(14)21/h5-10,13H,3-4,11-12H2,1-2H3,(H,20,22). The van der Waals surface area contributed by atoms with Gasteiger partial charge in [-0.1, -0.05) is 18.2 Å². The monoisotopic (exact) mass is 390 g/mol. The number of anilines is 2. The highest BCUT2D eigenvalue weighted by Gasteiger charge is 2.31. The lowest BCUT2D eigenvalue weighted by molar-refractivity contribution is 0.167. The molecule has 1 heterocycles. The fourth-order valence-corrected chi connectivity index (χ4v) is 4.54. The van der Waals surface area contributed by atoms with Crippen LogP contribution in [-0.4, -0.2) is 34.3 Å². The Hall–Kier alpha value is -2.74. The van der Waals surface area contributed by atoms with Gasteiger partial charge in [0, 0.05) is 6.54 Å². The number of hydrogen-bond acceptors (Lipinski definition) is 5. The van der Waals surface area contributed by atoms with Crippen LogP contribution in [0.4, 0.5) is 16.2 Å². The largest absolute Gasteiger partial charge is 0.492 e. The molecule has 2 aromatic rings. The number of sulfonamides is 1. The molecule has 3 rings (SSSR count). The summed E-state index contributed by atoms with van der Waals surface area (Å²) < 4.78 is 38.1. The molecule has 0 saturated heterocycles. The molecule has 0 unspecified atom stereocenters. The van der Waals surface area contributed by atoms with Crippen LogP contribution in [0.2, 0.25) is 0 Å². The Kier molecular flexibility index (Phi) is 5.55. The Labute approximate surface area is 158 Å². The summed E-state index contributed by atoms with van der Waals surface area (Å²) >= 11 is 0. The summed E-state index contributed by atoms with van der Waals surface area (Å²) in [5.41, 5.74) is 1.94. The quantitative estimate of drug-likeness (QED) is 0.817. The van der Waals surface area contributed by atoms with Crippen molar-refractivity contribution in [1.82, 2.24) is 0 Å². The van der Waals surface area contributed by atoms with Crippen LogP contribution in [0.3, 0.4) is 0 Å². The molecule has 27 heavy (non-hydrogen) atoms. The number of nitrogens with zero attached hydrogens (tertiary/aromatic N) is 1. The van der Waals surface area contributed by atoms with Crippen molar-refractivity contribution in [3.8, 4) is 5.75 Å². The van der Waals surface area contributed by atoms with Gasteiger partial charge in [0.25, 0.3) is 10.0 Å². The van der Waals surface area contributed by atoms with E-state index >= 15 is 0 Å². The Balaban J connectivity index is 1.97. The summed E-state index contributed by atoms with van der Waals surface area (Å²) in [6, 6.07) is 11.9. The summed E-state index contributed by atoms with van der Waals surface area (Å²) in [5, 5.41) is 2.55. The molecule has 7 nitrogen and oxygen atoms in total. The predicted octanol–water partition coefficient (Wildman–Crippen LogP) is 3.41. The van der Waals surface area contributed by atoms with E-state index in [-0.39, 0.29) is 17.2 Å². The van der Waals surface area contributed by atoms with Crippen molar-refractivity contribution in [3.63, 3.8) is 0 Å². The van der Waals surface area contributed by atoms with Gasteiger partial charge in [-0.3, -0.25) is 9.62 Å². The van der Waals surface area contributed by atoms with Gasteiger partial charge in [0.1, 0.15) is 5.75 Å². The highest BCUT2D eigenvalue weighted by molar-refractivity contribution is 7.92. The maximum Gasteiger partial charge on any atom is 0.411 e. The van der Waals surface area contributed by atoms with Crippen molar-refractivity contribution in [2.24, 2.45) is 0 Å². The van der Waals surface area contributed by atoms with E-state index in [0.717, 1.165) is 5.56 Å². The van der Waals surface area contributed by atoms with Crippen molar-refractivity contribution < 1.29 is 22.7 Å². The van der Waals surface area contributed by atoms with Crippen LogP contribution in [0.15, 0.2) is 47.4 Å². The van der Waals surface area contributed by atoms with Crippen LogP contribution >= 0.6 is 0 Å². The Morgan fingerprint density at radius 1 is 1.15 bits per heavy atom. The minimum atomic E-state index is -3.77. The molecule has 1 aliphatic rings. The second kappa shape index (κ2) is 7.87. The first-order chi connectivity index (χ1) is 13.0. The van der Waals surface area contributed by atoms with Gasteiger partial charge in [-0.05, 0) is 50.1 Å². The van der Waals surface area contributed by atoms with Crippen molar-refractivity contribution in [3.05, 3.63) is 48.0 Å². The maximum atomic E-state index is 13.2. The third-order valence-electron chi connectivity index (χ3n) is 4.20. The van der Waals surface area contributed by atoms with Gasteiger partial charge < -0.3 is 9.47 Å². The minimum absolute atomic E-state index is 0.0782. The minimum Gasteiger partial charge on any atom is -0.492 e. The lowest BCUT2D eigenvalue weighted by atomic mass is 10.2. The van der Waals surface area contributed by atoms with E-state index in [9.17, 15) is 13.2 Å². The van der Waals surface area contributed by atoms with Gasteiger partial charge in [0.15, 0.2) is 0 Å². The van der Waals surface area contributed by atoms with Crippen molar-refractivity contribution in [2.75, 3.05) is 29.4 Å². The molecule has 0 bridgehead atoms. The number of amides is 1. The highest BCUT2D eigenvalue weighted by atomic mass is 32.2. The zero-order chi connectivity index (χ0) is 19.4. The average Bonchev–Trinajstić information content (AvgIpc) is 3.08. The fraction of sp³-hybridized carbons (Fsp3) is 0.316. The molecule has 0 atom stereocenters. The normalized spacial score (nSPS) is 13.2. The molecule has 0 aliphatic carbocycles. The van der Waals surface area contributed by atoms with Gasteiger partial charge in [0.2, 0.25) is 0 Å². The van der Waals surface area contributed by atoms with E-state index in [0.29, 0.717) is 31.0 Å². The molecule has 144 valence electrons. The number of hydrogen-bond donors (Lipinski definition) is 1. The van der Waals surface area contributed by atoms with E-state index in [1.807, 2.05) is 18.2 Å². The molecule has 1 N–H and O–H groups in total. The summed E-state index contributed by atoms with van der Waals surface area (Å²) in [6.45, 7) is 4.46. The van der Waals surface area contributed by atoms with Crippen LogP contribution in [0.1, 0.15) is 19.4 Å². The summed E-state index contributed by atoms with van der Waals surface area (Å²) in [4.78, 5) is 11.9. The second-order valence-electron chi connectivity index (χ2n) is 5.89. The van der Waals surface area contributed by atoms with E-state index in [4.69, 9.17) is 9.47 Å². The third kappa shape index (κ3) is 3.85. The van der Waals surface area contributed by atoms with E-state index in [1.165, 1.54) is 16.4 Å². The van der Waals surface area contributed by atoms with Crippen LogP contribution in [-0.2, 0) is 21.2 Å². The van der Waals surface area contributed by atoms with E-state index in [2.05, 4.69) is 5.32 Å². The average molecular weight is 390 g/mol. The number of nitrogens with one attached hydrogen (secondary N) is 1. The first-order valence-electron chi connectivity index (χ1n) is 8.78. The van der Waals surface area contributed by atoms with Crippen molar-refractivity contribution in [1.29, 1.82) is 0 Å². The Bertz CT molecular complexity index is 943. The van der Waals surface area contributed by atoms with Crippen molar-refractivity contribution >= 4 is 27.5 Å². The van der Waals surface area contributed by atoms with Gasteiger partial charge in [-0.25, -0.2) is 13.2 Å². The van der Waals surface area contributed by atoms with Gasteiger partial charge in [-0.15, -0.1) is 0 Å². The van der Waals surface area contributed by atoms with Gasteiger partial charge >= 0.3 is 6.09 Å². The molecule has 0 radical (unpaired) electrons. The number of rotatable bonds is 6. The Morgan fingerprint density at radius 3 is 2.67 bits per heavy atom. The number of carbonyl (C=O) groups excluding carboxylic acids is 1. The molecule has 2 aromatic carbocycles. The van der Waals surface area contributed by atoms with Crippen molar-refractivity contribution in [2.45, 2.75) is 25.2 Å². The zero-order valence-electron chi connectivity index (χ0n) is 15.3. The second-order valence-corrected chi connectivity index (χ2v) is 7.75. The number of fused-ring (bicyclic) bond motifs is 1. The van der Waals surface area contributed by atoms with Crippen LogP contribution in [0.25, 0.3) is 0 Å². The van der Waals surface area contributed by atoms with E-state index < -0.39 is 16.1 Å². The maximum absolute atomic E-state index is 13.2. The lowest BCUT2D eigenvalue weighted by Crippen LogP contribution is -2.29. The molecule has 1 aliphatic heterocycles. The molecule has 0 fully saturated rings. The molecule has 0 saturated carbocycles. The third-order valence-corrected chi connectivity index (χ3v) is 6.00. The lowest BCUT2D eigenvalue weighted by Gasteiger charge is -2.20. The molecule has 1 amide bonds. The first-order valence-corrected chi connectivity index (χ1v) is 10.2. The number of carbonyl (C=O) groups is 1. The fourth-order valence-electron chi connectivity index (χ4n) is 3.01. The van der Waals surface area contributed by atoms with Gasteiger partial charge in [-0.2, -0.15) is 0 Å². The molecule has 0 aromatic heterocycles. The summed E-state index contributed by atoms with van der Waals surface area (Å²) in [5.74, 6) is 0.381. The van der Waals surface area contributed by atoms with Crippen LogP contribution < -0.4 is 14.4 Å². The first kappa shape index (κ1) is 19.0. The Morgan fingerprint density at radius 2 is 1.93 bits per heavy atom. The molecule has 0 spiro atoms. The number of benzene rings is 2. The smallest absolute Gasteiger partial charge is 0.411 e. The highest BCUT2D eigenvalue weighted by Crippen LogP contribution is 2.35. The number of para-hydroxylation sites is 1. The van der Waals surface area contributed by atoms with E-state index in [1.54, 1.807) is 26.0 Å². The SMILES string of the molecule is CCOC(=O)Nc1cc(S(=O)(=O)N2CCc3ccccc32)ccc1OCC. The van der Waals surface area contributed by atoms with Crippen LogP contribution in [0.5, 0.6) is 5.75 Å². The van der Waals surface area contributed by atoms with Crippen LogP contribution in [0, 0.1) is 0 Å². The molecule has 8 heteroatoms. The molecular formula is C19H22N2O5S. The molecular weight excluding hydrogens is 368 g/mol. The summed E-state index contributed by atoms with van der Waals surface area (Å²) in [6.07, 6.45) is -0.0000823. The number of ether oxygens (including phenoxy) is 2.